The summed E-state index contributed by atoms with van der Waals surface area (Å²) in [6, 6.07) is 6.99. The quantitative estimate of drug-likeness (QED) is 0.226. The van der Waals surface area contributed by atoms with Crippen molar-refractivity contribution in [2.75, 3.05) is 35.5 Å². The van der Waals surface area contributed by atoms with Crippen molar-refractivity contribution in [3.05, 3.63) is 47.5 Å². The maximum Gasteiger partial charge on any atom is 0.323 e. The molecule has 1 aliphatic carbocycles. The van der Waals surface area contributed by atoms with Gasteiger partial charge in [0.1, 0.15) is 5.78 Å². The number of carbonyl (C=O) groups excluding carboxylic acids is 6. The average molecular weight is 561 g/mol. The van der Waals surface area contributed by atoms with E-state index in [9.17, 15) is 28.8 Å². The fraction of sp³-hybridized carbons (Fsp3) is 0.517. The third-order valence-electron chi connectivity index (χ3n) is 7.29. The summed E-state index contributed by atoms with van der Waals surface area (Å²) in [5, 5.41) is 0. The molecule has 11 heteroatoms. The summed E-state index contributed by atoms with van der Waals surface area (Å²) in [7, 11) is 5.70. The summed E-state index contributed by atoms with van der Waals surface area (Å²) in [6.07, 6.45) is 1.76. The highest BCUT2D eigenvalue weighted by molar-refractivity contribution is 6.04. The van der Waals surface area contributed by atoms with E-state index in [0.29, 0.717) is 11.1 Å². The molecule has 0 aromatic heterocycles. The Morgan fingerprint density at radius 2 is 1.12 bits per heavy atom. The summed E-state index contributed by atoms with van der Waals surface area (Å²) in [4.78, 5) is 78.0. The van der Waals surface area contributed by atoms with E-state index in [1.165, 1.54) is 19.3 Å². The van der Waals surface area contributed by atoms with Gasteiger partial charge in [0.15, 0.2) is 10.8 Å². The van der Waals surface area contributed by atoms with Gasteiger partial charge in [-0.3, -0.25) is 28.8 Å². The van der Waals surface area contributed by atoms with E-state index in [0.717, 1.165) is 28.4 Å². The predicted molar refractivity (Wildman–Crippen MR) is 140 cm³/mol. The second-order valence-corrected chi connectivity index (χ2v) is 9.63. The lowest BCUT2D eigenvalue weighted by atomic mass is 9.76. The smallest absolute Gasteiger partial charge is 0.323 e. The molecule has 0 fully saturated rings. The first-order valence-corrected chi connectivity index (χ1v) is 12.7. The molecule has 11 nitrogen and oxygen atoms in total. The number of ether oxygens (including phenoxy) is 5. The van der Waals surface area contributed by atoms with Crippen LogP contribution in [-0.2, 0) is 65.3 Å². The van der Waals surface area contributed by atoms with Crippen LogP contribution in [0.2, 0.25) is 0 Å². The number of allylic oxidation sites excluding steroid dienone is 2. The standard InChI is InChI=1S/C29H36O11/c1-36-23(31)20-12-13-22(30)18-29(26(34)39-4,27(35)40-5)15-9-8-14-28(24(32)37-2,25(33)38-3)17-21-11-7-6-10-19(21)16-20/h6-11,20H,12-18H2,1-5H3/b9-8+. The fourth-order valence-corrected chi connectivity index (χ4v) is 5.03. The van der Waals surface area contributed by atoms with E-state index < -0.39 is 58.8 Å². The molecule has 1 aromatic rings. The molecule has 0 bridgehead atoms. The van der Waals surface area contributed by atoms with E-state index in [4.69, 9.17) is 23.7 Å². The Bertz CT molecular complexity index is 1120. The first kappa shape index (κ1) is 32.2. The molecule has 0 radical (unpaired) electrons. The van der Waals surface area contributed by atoms with Crippen LogP contribution in [0, 0.1) is 16.7 Å². The van der Waals surface area contributed by atoms with Gasteiger partial charge in [-0.2, -0.15) is 0 Å². The molecule has 0 aliphatic heterocycles. The minimum Gasteiger partial charge on any atom is -0.469 e. The Labute approximate surface area is 233 Å². The van der Waals surface area contributed by atoms with Gasteiger partial charge in [0.05, 0.1) is 41.5 Å². The van der Waals surface area contributed by atoms with E-state index in [2.05, 4.69) is 0 Å². The van der Waals surface area contributed by atoms with Crippen molar-refractivity contribution in [1.29, 1.82) is 0 Å². The molecule has 40 heavy (non-hydrogen) atoms. The molecule has 0 heterocycles. The summed E-state index contributed by atoms with van der Waals surface area (Å²) >= 11 is 0. The maximum atomic E-state index is 13.2. The third kappa shape index (κ3) is 6.94. The van der Waals surface area contributed by atoms with Crippen LogP contribution in [0.4, 0.5) is 0 Å². The number of carbonyl (C=O) groups is 6. The zero-order valence-corrected chi connectivity index (χ0v) is 23.5. The molecule has 1 aliphatic rings. The number of Topliss-reactive ketones (excluding diaryl/α,β-unsaturated/α-hetero) is 1. The fourth-order valence-electron chi connectivity index (χ4n) is 5.03. The van der Waals surface area contributed by atoms with Gasteiger partial charge in [0.2, 0.25) is 0 Å². The Morgan fingerprint density at radius 3 is 1.57 bits per heavy atom. The van der Waals surface area contributed by atoms with Gasteiger partial charge in [-0.1, -0.05) is 36.4 Å². The van der Waals surface area contributed by atoms with Crippen molar-refractivity contribution in [2.45, 2.75) is 44.9 Å². The summed E-state index contributed by atoms with van der Waals surface area (Å²) in [5.74, 6) is -5.45. The van der Waals surface area contributed by atoms with Gasteiger partial charge in [-0.05, 0) is 43.2 Å². The number of rotatable bonds is 5. The number of methoxy groups -OCH3 is 5. The van der Waals surface area contributed by atoms with Crippen LogP contribution in [0.5, 0.6) is 0 Å². The van der Waals surface area contributed by atoms with Gasteiger partial charge in [0.25, 0.3) is 0 Å². The number of benzene rings is 1. The second-order valence-electron chi connectivity index (χ2n) is 9.63. The van der Waals surface area contributed by atoms with Crippen molar-refractivity contribution in [2.24, 2.45) is 16.7 Å². The molecule has 0 N–H and O–H groups in total. The highest BCUT2D eigenvalue weighted by Crippen LogP contribution is 2.36. The number of hydrogen-bond donors (Lipinski definition) is 0. The Kier molecular flexibility index (Phi) is 11.6. The average Bonchev–Trinajstić information content (AvgIpc) is 2.98. The lowest BCUT2D eigenvalue weighted by molar-refractivity contribution is -0.171. The van der Waals surface area contributed by atoms with Gasteiger partial charge in [-0.15, -0.1) is 0 Å². The second kappa shape index (κ2) is 14.4. The van der Waals surface area contributed by atoms with Crippen LogP contribution in [0.25, 0.3) is 0 Å². The van der Waals surface area contributed by atoms with Gasteiger partial charge >= 0.3 is 29.8 Å². The van der Waals surface area contributed by atoms with E-state index in [1.54, 1.807) is 24.3 Å². The van der Waals surface area contributed by atoms with E-state index in [-0.39, 0.29) is 38.5 Å². The number of ketones is 1. The Hall–Kier alpha value is -4.02. The van der Waals surface area contributed by atoms with Crippen molar-refractivity contribution in [1.82, 2.24) is 0 Å². The minimum atomic E-state index is -2.01. The topological polar surface area (TPSA) is 149 Å². The molecule has 0 spiro atoms. The normalized spacial score (nSPS) is 19.8. The maximum absolute atomic E-state index is 13.2. The lowest BCUT2D eigenvalue weighted by Crippen LogP contribution is -2.43. The molecule has 2 rings (SSSR count). The van der Waals surface area contributed by atoms with Crippen molar-refractivity contribution < 1.29 is 52.5 Å². The SMILES string of the molecule is COC(=O)C1CCC(=O)CC(C(=O)OC)(C(=O)OC)C/C=C/CC(C(=O)OC)(C(=O)OC)Cc2ccccc2C1. The molecule has 0 saturated heterocycles. The first-order chi connectivity index (χ1) is 19.0. The highest BCUT2D eigenvalue weighted by atomic mass is 16.6. The van der Waals surface area contributed by atoms with Crippen LogP contribution in [0.1, 0.15) is 43.2 Å². The number of esters is 5. The van der Waals surface area contributed by atoms with E-state index in [1.807, 2.05) is 0 Å². The van der Waals surface area contributed by atoms with Crippen LogP contribution in [0.15, 0.2) is 36.4 Å². The number of hydrogen-bond acceptors (Lipinski definition) is 11. The van der Waals surface area contributed by atoms with Gasteiger partial charge < -0.3 is 23.7 Å². The van der Waals surface area contributed by atoms with Gasteiger partial charge in [0, 0.05) is 12.8 Å². The number of fused-ring (bicyclic) bond motifs is 1. The molecular weight excluding hydrogens is 524 g/mol. The van der Waals surface area contributed by atoms with Crippen molar-refractivity contribution >= 4 is 35.6 Å². The molecule has 1 atom stereocenters. The van der Waals surface area contributed by atoms with E-state index >= 15 is 0 Å². The highest BCUT2D eigenvalue weighted by Gasteiger charge is 2.50. The van der Waals surface area contributed by atoms with Crippen LogP contribution >= 0.6 is 0 Å². The lowest BCUT2D eigenvalue weighted by Gasteiger charge is -2.29. The Morgan fingerprint density at radius 1 is 0.675 bits per heavy atom. The van der Waals surface area contributed by atoms with Crippen LogP contribution in [0.3, 0.4) is 0 Å². The van der Waals surface area contributed by atoms with Crippen LogP contribution < -0.4 is 0 Å². The third-order valence-corrected chi connectivity index (χ3v) is 7.29. The molecule has 0 saturated carbocycles. The van der Waals surface area contributed by atoms with Crippen molar-refractivity contribution in [3.63, 3.8) is 0 Å². The molecular formula is C29H36O11. The summed E-state index contributed by atoms with van der Waals surface area (Å²) in [5.41, 5.74) is -2.58. The summed E-state index contributed by atoms with van der Waals surface area (Å²) in [6.45, 7) is 0. The summed E-state index contributed by atoms with van der Waals surface area (Å²) < 4.78 is 24.8. The van der Waals surface area contributed by atoms with Gasteiger partial charge in [-0.25, -0.2) is 0 Å². The minimum absolute atomic E-state index is 0.0627. The largest absolute Gasteiger partial charge is 0.469 e. The molecule has 1 unspecified atom stereocenters. The first-order valence-electron chi connectivity index (χ1n) is 12.7. The zero-order valence-electron chi connectivity index (χ0n) is 23.5. The monoisotopic (exact) mass is 560 g/mol. The Balaban J connectivity index is 2.76. The van der Waals surface area contributed by atoms with Crippen LogP contribution in [-0.4, -0.2) is 71.2 Å². The predicted octanol–water partition coefficient (Wildman–Crippen LogP) is 2.32. The molecule has 1 aromatic carbocycles. The molecule has 0 amide bonds. The van der Waals surface area contributed by atoms with Crippen molar-refractivity contribution in [3.8, 4) is 0 Å². The zero-order chi connectivity index (χ0) is 29.9. The molecule has 218 valence electrons.